The summed E-state index contributed by atoms with van der Waals surface area (Å²) in [5.41, 5.74) is 1.14. The average Bonchev–Trinajstić information content (AvgIpc) is 2.38. The van der Waals surface area contributed by atoms with Gasteiger partial charge in [-0.05, 0) is 38.9 Å². The van der Waals surface area contributed by atoms with Crippen molar-refractivity contribution in [3.05, 3.63) is 29.8 Å². The van der Waals surface area contributed by atoms with E-state index in [4.69, 9.17) is 5.11 Å². The van der Waals surface area contributed by atoms with Crippen LogP contribution in [0.3, 0.4) is 0 Å². The van der Waals surface area contributed by atoms with Crippen molar-refractivity contribution in [1.82, 2.24) is 10.6 Å². The molecule has 0 aliphatic heterocycles. The number of aliphatic carboxylic acids is 1. The third kappa shape index (κ3) is 6.27. The van der Waals surface area contributed by atoms with Crippen LogP contribution in [0.1, 0.15) is 32.3 Å². The van der Waals surface area contributed by atoms with Crippen molar-refractivity contribution < 1.29 is 14.7 Å². The van der Waals surface area contributed by atoms with Crippen LogP contribution in [-0.2, 0) is 11.3 Å². The lowest BCUT2D eigenvalue weighted by molar-refractivity contribution is -0.137. The molecule has 1 rings (SSSR count). The molecule has 0 saturated heterocycles. The van der Waals surface area contributed by atoms with E-state index in [1.165, 1.54) is 0 Å². The van der Waals surface area contributed by atoms with Crippen LogP contribution in [0.2, 0.25) is 0 Å². The molecule has 0 atom stereocenters. The lowest BCUT2D eigenvalue weighted by atomic mass is 9.99. The minimum Gasteiger partial charge on any atom is -0.481 e. The SMILES string of the molecule is CNCc1ccccc1NC(=O)NC(C)(C)CCC(=O)O. The molecule has 0 heterocycles. The molecule has 21 heavy (non-hydrogen) atoms. The van der Waals surface area contributed by atoms with Crippen molar-refractivity contribution in [2.45, 2.75) is 38.8 Å². The molecule has 1 aromatic carbocycles. The molecule has 0 bridgehead atoms. The number of carboxylic acid groups (broad SMARTS) is 1. The first kappa shape index (κ1) is 17.0. The summed E-state index contributed by atoms with van der Waals surface area (Å²) in [6, 6.07) is 7.18. The Morgan fingerprint density at radius 2 is 1.90 bits per heavy atom. The molecule has 0 spiro atoms. The van der Waals surface area contributed by atoms with Crippen molar-refractivity contribution >= 4 is 17.7 Å². The lowest BCUT2D eigenvalue weighted by Crippen LogP contribution is -2.45. The number of amides is 2. The van der Waals surface area contributed by atoms with Gasteiger partial charge in [0, 0.05) is 24.2 Å². The molecule has 4 N–H and O–H groups in total. The number of urea groups is 1. The standard InChI is InChI=1S/C15H23N3O3/c1-15(2,9-8-13(19)20)18-14(21)17-12-7-5-4-6-11(12)10-16-3/h4-7,16H,8-10H2,1-3H3,(H,19,20)(H2,17,18,21). The fraction of sp³-hybridized carbons (Fsp3) is 0.467. The summed E-state index contributed by atoms with van der Waals surface area (Å²) in [5, 5.41) is 17.3. The molecule has 116 valence electrons. The summed E-state index contributed by atoms with van der Waals surface area (Å²) in [7, 11) is 1.84. The van der Waals surface area contributed by atoms with E-state index in [0.717, 1.165) is 11.3 Å². The molecule has 0 saturated carbocycles. The smallest absolute Gasteiger partial charge is 0.319 e. The van der Waals surface area contributed by atoms with Gasteiger partial charge in [0.15, 0.2) is 0 Å². The minimum absolute atomic E-state index is 0.0175. The third-order valence-corrected chi connectivity index (χ3v) is 3.05. The summed E-state index contributed by atoms with van der Waals surface area (Å²) < 4.78 is 0. The molecule has 0 radical (unpaired) electrons. The van der Waals surface area contributed by atoms with Crippen LogP contribution >= 0.6 is 0 Å². The first-order valence-corrected chi connectivity index (χ1v) is 6.87. The summed E-state index contributed by atoms with van der Waals surface area (Å²) in [6.45, 7) is 4.25. The van der Waals surface area contributed by atoms with Crippen molar-refractivity contribution in [2.75, 3.05) is 12.4 Å². The van der Waals surface area contributed by atoms with Gasteiger partial charge in [0.2, 0.25) is 0 Å². The van der Waals surface area contributed by atoms with Crippen molar-refractivity contribution in [3.8, 4) is 0 Å². The van der Waals surface area contributed by atoms with E-state index >= 15 is 0 Å². The number of carbonyl (C=O) groups is 2. The first-order chi connectivity index (χ1) is 9.84. The molecule has 6 nitrogen and oxygen atoms in total. The number of carboxylic acids is 1. The molecular weight excluding hydrogens is 270 g/mol. The first-order valence-electron chi connectivity index (χ1n) is 6.87. The summed E-state index contributed by atoms with van der Waals surface area (Å²) in [6.07, 6.45) is 0.386. The molecule has 0 aromatic heterocycles. The Bertz CT molecular complexity index is 501. The maximum atomic E-state index is 12.0. The normalized spacial score (nSPS) is 11.0. The Morgan fingerprint density at radius 3 is 2.52 bits per heavy atom. The second-order valence-electron chi connectivity index (χ2n) is 5.54. The Kier molecular flexibility index (Phi) is 6.17. The van der Waals surface area contributed by atoms with Crippen molar-refractivity contribution in [2.24, 2.45) is 0 Å². The van der Waals surface area contributed by atoms with Crippen LogP contribution in [0, 0.1) is 0 Å². The third-order valence-electron chi connectivity index (χ3n) is 3.05. The van der Waals surface area contributed by atoms with Crippen LogP contribution < -0.4 is 16.0 Å². The minimum atomic E-state index is -0.871. The van der Waals surface area contributed by atoms with E-state index in [1.54, 1.807) is 13.8 Å². The number of anilines is 1. The van der Waals surface area contributed by atoms with E-state index in [9.17, 15) is 9.59 Å². The van der Waals surface area contributed by atoms with Gasteiger partial charge in [-0.1, -0.05) is 18.2 Å². The Hall–Kier alpha value is -2.08. The Morgan fingerprint density at radius 1 is 1.24 bits per heavy atom. The molecule has 1 aromatic rings. The lowest BCUT2D eigenvalue weighted by Gasteiger charge is -2.26. The van der Waals surface area contributed by atoms with Crippen LogP contribution in [0.15, 0.2) is 24.3 Å². The van der Waals surface area contributed by atoms with Gasteiger partial charge in [0.05, 0.1) is 0 Å². The monoisotopic (exact) mass is 293 g/mol. The summed E-state index contributed by atoms with van der Waals surface area (Å²) in [5.74, 6) is -0.871. The van der Waals surface area contributed by atoms with Gasteiger partial charge >= 0.3 is 12.0 Å². The molecule has 0 aliphatic carbocycles. The topological polar surface area (TPSA) is 90.5 Å². The Labute approximate surface area is 124 Å². The molecule has 6 heteroatoms. The van der Waals surface area contributed by atoms with E-state index in [1.807, 2.05) is 31.3 Å². The number of nitrogens with one attached hydrogen (secondary N) is 3. The molecular formula is C15H23N3O3. The fourth-order valence-corrected chi connectivity index (χ4v) is 1.93. The van der Waals surface area contributed by atoms with Crippen LogP contribution in [0.4, 0.5) is 10.5 Å². The highest BCUT2D eigenvalue weighted by Gasteiger charge is 2.21. The van der Waals surface area contributed by atoms with Crippen molar-refractivity contribution in [1.29, 1.82) is 0 Å². The number of hydrogen-bond acceptors (Lipinski definition) is 3. The zero-order chi connectivity index (χ0) is 15.9. The second-order valence-corrected chi connectivity index (χ2v) is 5.54. The number of rotatable bonds is 7. The maximum absolute atomic E-state index is 12.0. The molecule has 0 unspecified atom stereocenters. The zero-order valence-corrected chi connectivity index (χ0v) is 12.7. The highest BCUT2D eigenvalue weighted by atomic mass is 16.4. The van der Waals surface area contributed by atoms with Crippen LogP contribution in [0.5, 0.6) is 0 Å². The number of hydrogen-bond donors (Lipinski definition) is 4. The van der Waals surface area contributed by atoms with Gasteiger partial charge < -0.3 is 21.1 Å². The number of carbonyl (C=O) groups excluding carboxylic acids is 1. The molecule has 0 aliphatic rings. The van der Waals surface area contributed by atoms with Crippen LogP contribution in [0.25, 0.3) is 0 Å². The van der Waals surface area contributed by atoms with Gasteiger partial charge in [-0.3, -0.25) is 4.79 Å². The molecule has 2 amide bonds. The van der Waals surface area contributed by atoms with E-state index in [0.29, 0.717) is 13.0 Å². The number of benzene rings is 1. The summed E-state index contributed by atoms with van der Waals surface area (Å²) in [4.78, 5) is 22.6. The zero-order valence-electron chi connectivity index (χ0n) is 12.7. The van der Waals surface area contributed by atoms with Gasteiger partial charge in [-0.15, -0.1) is 0 Å². The average molecular weight is 293 g/mol. The maximum Gasteiger partial charge on any atom is 0.319 e. The van der Waals surface area contributed by atoms with E-state index in [2.05, 4.69) is 16.0 Å². The van der Waals surface area contributed by atoms with Crippen LogP contribution in [-0.4, -0.2) is 29.7 Å². The predicted octanol–water partition coefficient (Wildman–Crippen LogP) is 2.17. The van der Waals surface area contributed by atoms with E-state index in [-0.39, 0.29) is 12.5 Å². The van der Waals surface area contributed by atoms with Gasteiger partial charge in [0.1, 0.15) is 0 Å². The highest BCUT2D eigenvalue weighted by Crippen LogP contribution is 2.16. The van der Waals surface area contributed by atoms with E-state index < -0.39 is 11.5 Å². The fourth-order valence-electron chi connectivity index (χ4n) is 1.93. The Balaban J connectivity index is 2.63. The van der Waals surface area contributed by atoms with Crippen molar-refractivity contribution in [3.63, 3.8) is 0 Å². The largest absolute Gasteiger partial charge is 0.481 e. The molecule has 0 fully saturated rings. The van der Waals surface area contributed by atoms with Gasteiger partial charge in [-0.25, -0.2) is 4.79 Å². The highest BCUT2D eigenvalue weighted by molar-refractivity contribution is 5.90. The summed E-state index contributed by atoms with van der Waals surface area (Å²) >= 11 is 0. The van der Waals surface area contributed by atoms with Gasteiger partial charge in [-0.2, -0.15) is 0 Å². The van der Waals surface area contributed by atoms with Gasteiger partial charge in [0.25, 0.3) is 0 Å². The quantitative estimate of drug-likeness (QED) is 0.620. The number of para-hydroxylation sites is 1. The predicted molar refractivity (Wildman–Crippen MR) is 82.3 cm³/mol. The second kappa shape index (κ2) is 7.64.